The molecule has 140 valence electrons. The average molecular weight is 419 g/mol. The maximum Gasteiger partial charge on any atom is 0.336 e. The number of carbonyl (C=O) groups excluding carboxylic acids is 2. The largest absolute Gasteiger partial charge is 0.466 e. The number of ether oxygens (including phenoxy) is 2. The summed E-state index contributed by atoms with van der Waals surface area (Å²) < 4.78 is 10.1. The van der Waals surface area contributed by atoms with E-state index in [1.807, 2.05) is 0 Å². The molecule has 0 saturated carbocycles. The minimum atomic E-state index is -0.780. The summed E-state index contributed by atoms with van der Waals surface area (Å²) in [4.78, 5) is 25.1. The van der Waals surface area contributed by atoms with Crippen LogP contribution >= 0.6 is 34.8 Å². The maximum atomic E-state index is 12.7. The van der Waals surface area contributed by atoms with E-state index in [1.165, 1.54) is 7.11 Å². The Morgan fingerprint density at radius 3 is 2.31 bits per heavy atom. The predicted octanol–water partition coefficient (Wildman–Crippen LogP) is 4.18. The van der Waals surface area contributed by atoms with Gasteiger partial charge in [-0.3, -0.25) is 0 Å². The van der Waals surface area contributed by atoms with Crippen LogP contribution in [0.15, 0.2) is 40.7 Å². The van der Waals surface area contributed by atoms with Crippen molar-refractivity contribution < 1.29 is 19.1 Å². The Balaban J connectivity index is 2.68. The second-order valence-electron chi connectivity index (χ2n) is 5.59. The molecule has 1 N–H and O–H groups in total. The minimum Gasteiger partial charge on any atom is -0.466 e. The lowest BCUT2D eigenvalue weighted by Crippen LogP contribution is -2.32. The first-order chi connectivity index (χ1) is 12.3. The van der Waals surface area contributed by atoms with Crippen molar-refractivity contribution >= 4 is 46.7 Å². The van der Waals surface area contributed by atoms with Crippen LogP contribution in [0.3, 0.4) is 0 Å². The highest BCUT2D eigenvalue weighted by atomic mass is 35.5. The predicted molar refractivity (Wildman–Crippen MR) is 101 cm³/mol. The van der Waals surface area contributed by atoms with Crippen molar-refractivity contribution in [3.8, 4) is 0 Å². The van der Waals surface area contributed by atoms with Crippen LogP contribution in [0, 0.1) is 0 Å². The first-order valence-corrected chi connectivity index (χ1v) is 9.06. The number of carbonyl (C=O) groups is 2. The lowest BCUT2D eigenvalue weighted by Gasteiger charge is -2.30. The van der Waals surface area contributed by atoms with E-state index in [0.717, 1.165) is 0 Å². The molecule has 8 heteroatoms. The van der Waals surface area contributed by atoms with Gasteiger partial charge in [0, 0.05) is 11.4 Å². The number of methoxy groups -OCH3 is 1. The fraction of sp³-hybridized carbons (Fsp3) is 0.333. The number of nitrogens with one attached hydrogen (secondary N) is 1. The molecular formula is C18H18Cl3NO4. The topological polar surface area (TPSA) is 64.6 Å². The van der Waals surface area contributed by atoms with Gasteiger partial charge in [-0.15, -0.1) is 11.6 Å². The van der Waals surface area contributed by atoms with E-state index in [-0.39, 0.29) is 28.7 Å². The first kappa shape index (κ1) is 20.6. The summed E-state index contributed by atoms with van der Waals surface area (Å²) >= 11 is 18.1. The van der Waals surface area contributed by atoms with Gasteiger partial charge in [0.05, 0.1) is 40.1 Å². The lowest BCUT2D eigenvalue weighted by molar-refractivity contribution is -0.139. The molecule has 1 aliphatic rings. The van der Waals surface area contributed by atoms with E-state index >= 15 is 0 Å². The van der Waals surface area contributed by atoms with Crippen LogP contribution in [-0.4, -0.2) is 31.5 Å². The van der Waals surface area contributed by atoms with E-state index in [2.05, 4.69) is 5.32 Å². The molecule has 0 amide bonds. The van der Waals surface area contributed by atoms with Gasteiger partial charge >= 0.3 is 11.9 Å². The van der Waals surface area contributed by atoms with Crippen LogP contribution in [0.2, 0.25) is 10.0 Å². The molecule has 0 fully saturated rings. The van der Waals surface area contributed by atoms with E-state index in [1.54, 1.807) is 32.0 Å². The molecule has 1 aliphatic heterocycles. The number of allylic oxidation sites excluding steroid dienone is 2. The Morgan fingerprint density at radius 2 is 1.73 bits per heavy atom. The molecule has 0 aliphatic carbocycles. The van der Waals surface area contributed by atoms with Crippen LogP contribution in [0.25, 0.3) is 0 Å². The molecular weight excluding hydrogens is 401 g/mol. The third-order valence-electron chi connectivity index (χ3n) is 3.99. The average Bonchev–Trinajstić information content (AvgIpc) is 2.60. The van der Waals surface area contributed by atoms with Crippen molar-refractivity contribution in [1.29, 1.82) is 0 Å². The van der Waals surface area contributed by atoms with Crippen LogP contribution in [0.1, 0.15) is 25.3 Å². The molecule has 0 radical (unpaired) electrons. The van der Waals surface area contributed by atoms with Gasteiger partial charge in [0.2, 0.25) is 0 Å². The fourth-order valence-electron chi connectivity index (χ4n) is 2.91. The summed E-state index contributed by atoms with van der Waals surface area (Å²) in [7, 11) is 1.27. The highest BCUT2D eigenvalue weighted by Crippen LogP contribution is 2.43. The molecule has 1 atom stereocenters. The SMILES string of the molecule is COC(=O)C1=C(C)NC(C)=C(C(=O)OCCCl)C1c1cccc(Cl)c1Cl. The standard InChI is InChI=1S/C18H18Cl3NO4/c1-9-13(17(23)25-3)15(11-5-4-6-12(20)16(11)21)14(10(2)22-9)18(24)26-8-7-19/h4-6,15,22H,7-8H2,1-3H3. The molecule has 0 aromatic heterocycles. The van der Waals surface area contributed by atoms with Crippen molar-refractivity contribution in [1.82, 2.24) is 5.32 Å². The highest BCUT2D eigenvalue weighted by molar-refractivity contribution is 6.42. The zero-order valence-electron chi connectivity index (χ0n) is 14.5. The normalized spacial score (nSPS) is 17.1. The van der Waals surface area contributed by atoms with Gasteiger partial charge in [0.25, 0.3) is 0 Å². The summed E-state index contributed by atoms with van der Waals surface area (Å²) in [6.07, 6.45) is 0. The Bertz CT molecular complexity index is 802. The highest BCUT2D eigenvalue weighted by Gasteiger charge is 2.39. The molecule has 1 aromatic rings. The van der Waals surface area contributed by atoms with Crippen molar-refractivity contribution in [2.45, 2.75) is 19.8 Å². The van der Waals surface area contributed by atoms with Gasteiger partial charge in [-0.25, -0.2) is 9.59 Å². The molecule has 0 saturated heterocycles. The zero-order valence-corrected chi connectivity index (χ0v) is 16.8. The first-order valence-electron chi connectivity index (χ1n) is 7.77. The molecule has 1 aromatic carbocycles. The monoisotopic (exact) mass is 417 g/mol. The number of hydrogen-bond acceptors (Lipinski definition) is 5. The van der Waals surface area contributed by atoms with Crippen molar-refractivity contribution in [2.24, 2.45) is 0 Å². The molecule has 0 spiro atoms. The van der Waals surface area contributed by atoms with Crippen molar-refractivity contribution in [3.63, 3.8) is 0 Å². The van der Waals surface area contributed by atoms with Crippen LogP contribution in [-0.2, 0) is 19.1 Å². The molecule has 1 heterocycles. The molecule has 26 heavy (non-hydrogen) atoms. The molecule has 0 bridgehead atoms. The summed E-state index contributed by atoms with van der Waals surface area (Å²) in [5.74, 6) is -1.79. The molecule has 5 nitrogen and oxygen atoms in total. The maximum absolute atomic E-state index is 12.7. The summed E-state index contributed by atoms with van der Waals surface area (Å²) in [6.45, 7) is 3.49. The third-order valence-corrected chi connectivity index (χ3v) is 4.98. The van der Waals surface area contributed by atoms with Gasteiger partial charge in [0.15, 0.2) is 0 Å². The number of halogens is 3. The van der Waals surface area contributed by atoms with Crippen LogP contribution < -0.4 is 5.32 Å². The van der Waals surface area contributed by atoms with E-state index in [4.69, 9.17) is 44.3 Å². The molecule has 2 rings (SSSR count). The summed E-state index contributed by atoms with van der Waals surface area (Å²) in [5, 5.41) is 3.61. The fourth-order valence-corrected chi connectivity index (χ4v) is 3.40. The van der Waals surface area contributed by atoms with Gasteiger partial charge in [-0.05, 0) is 25.5 Å². The minimum absolute atomic E-state index is 0.0451. The van der Waals surface area contributed by atoms with Gasteiger partial charge < -0.3 is 14.8 Å². The quantitative estimate of drug-likeness (QED) is 0.574. The van der Waals surface area contributed by atoms with E-state index in [9.17, 15) is 9.59 Å². The Hall–Kier alpha value is -1.69. The number of dihydropyridines is 1. The molecule has 1 unspecified atom stereocenters. The Kier molecular flexibility index (Phi) is 6.98. The second kappa shape index (κ2) is 8.80. The van der Waals surface area contributed by atoms with Crippen LogP contribution in [0.5, 0.6) is 0 Å². The van der Waals surface area contributed by atoms with Gasteiger partial charge in [0.1, 0.15) is 6.61 Å². The zero-order chi connectivity index (χ0) is 19.4. The van der Waals surface area contributed by atoms with Gasteiger partial charge in [-0.2, -0.15) is 0 Å². The van der Waals surface area contributed by atoms with Crippen molar-refractivity contribution in [3.05, 3.63) is 56.3 Å². The number of hydrogen-bond donors (Lipinski definition) is 1. The van der Waals surface area contributed by atoms with Crippen molar-refractivity contribution in [2.75, 3.05) is 19.6 Å². The smallest absolute Gasteiger partial charge is 0.336 e. The van der Waals surface area contributed by atoms with E-state index in [0.29, 0.717) is 22.0 Å². The number of esters is 2. The summed E-state index contributed by atoms with van der Waals surface area (Å²) in [5.41, 5.74) is 2.14. The second-order valence-corrected chi connectivity index (χ2v) is 6.76. The number of benzene rings is 1. The Morgan fingerprint density at radius 1 is 1.12 bits per heavy atom. The summed E-state index contributed by atoms with van der Waals surface area (Å²) in [6, 6.07) is 5.04. The van der Waals surface area contributed by atoms with Gasteiger partial charge in [-0.1, -0.05) is 35.3 Å². The number of alkyl halides is 1. The lowest BCUT2D eigenvalue weighted by atomic mass is 9.80. The van der Waals surface area contributed by atoms with Crippen LogP contribution in [0.4, 0.5) is 0 Å². The third kappa shape index (κ3) is 4.00. The Labute approximate surface area is 166 Å². The number of rotatable bonds is 5. The van der Waals surface area contributed by atoms with E-state index < -0.39 is 17.9 Å².